The van der Waals surface area contributed by atoms with E-state index in [1.807, 2.05) is 43.9 Å². The number of pyridine rings is 1. The number of hydrogen-bond acceptors (Lipinski definition) is 9. The van der Waals surface area contributed by atoms with Crippen molar-refractivity contribution in [3.63, 3.8) is 0 Å². The highest BCUT2D eigenvalue weighted by Gasteiger charge is 2.38. The summed E-state index contributed by atoms with van der Waals surface area (Å²) in [6.45, 7) is 8.53. The Kier molecular flexibility index (Phi) is 8.96. The lowest BCUT2D eigenvalue weighted by Gasteiger charge is -2.40. The second-order valence-electron chi connectivity index (χ2n) is 10.9. The van der Waals surface area contributed by atoms with Crippen LogP contribution in [0.2, 0.25) is 10.0 Å². The Balaban J connectivity index is 1.28. The number of fused-ring (bicyclic) bond motifs is 1. The summed E-state index contributed by atoms with van der Waals surface area (Å²) >= 11 is 14.1. The van der Waals surface area contributed by atoms with Gasteiger partial charge in [-0.05, 0) is 50.6 Å². The topological polar surface area (TPSA) is 104 Å². The van der Waals surface area contributed by atoms with Gasteiger partial charge in [0.25, 0.3) is 0 Å². The maximum Gasteiger partial charge on any atom is 0.411 e. The fraction of sp³-hybridized carbons (Fsp3) is 0.464. The molecule has 13 heteroatoms. The van der Waals surface area contributed by atoms with Crippen molar-refractivity contribution in [3.05, 3.63) is 52.1 Å². The molecule has 2 saturated heterocycles. The number of ether oxygens (including phenoxy) is 1. The molecule has 218 valence electrons. The van der Waals surface area contributed by atoms with Crippen LogP contribution in [-0.4, -0.2) is 92.6 Å². The maximum absolute atomic E-state index is 13.5. The molecular formula is C28H33Cl2N7O3S. The summed E-state index contributed by atoms with van der Waals surface area (Å²) in [5.74, 6) is 2.48. The zero-order chi connectivity index (χ0) is 29.1. The lowest BCUT2D eigenvalue weighted by Crippen LogP contribution is -2.59. The van der Waals surface area contributed by atoms with Gasteiger partial charge in [-0.2, -0.15) is 21.7 Å². The predicted molar refractivity (Wildman–Crippen MR) is 164 cm³/mol. The van der Waals surface area contributed by atoms with Crippen LogP contribution < -0.4 is 10.2 Å². The monoisotopic (exact) mass is 617 g/mol. The van der Waals surface area contributed by atoms with Crippen molar-refractivity contribution in [2.45, 2.75) is 39.0 Å². The molecule has 10 nitrogen and oxygen atoms in total. The molecule has 1 atom stereocenters. The largest absolute Gasteiger partial charge is 0.444 e. The van der Waals surface area contributed by atoms with E-state index >= 15 is 0 Å². The molecule has 2 fully saturated rings. The van der Waals surface area contributed by atoms with Gasteiger partial charge >= 0.3 is 6.09 Å². The minimum atomic E-state index is -0.621. The van der Waals surface area contributed by atoms with Gasteiger partial charge in [-0.15, -0.1) is 0 Å². The van der Waals surface area contributed by atoms with Crippen LogP contribution in [0.3, 0.4) is 0 Å². The number of halogens is 2. The normalized spacial score (nSPS) is 18.0. The average Bonchev–Trinajstić information content (AvgIpc) is 2.95. The Morgan fingerprint density at radius 2 is 1.88 bits per heavy atom. The van der Waals surface area contributed by atoms with E-state index in [1.54, 1.807) is 35.0 Å². The van der Waals surface area contributed by atoms with Crippen molar-refractivity contribution in [1.82, 2.24) is 24.8 Å². The molecule has 41 heavy (non-hydrogen) atoms. The number of rotatable bonds is 5. The summed E-state index contributed by atoms with van der Waals surface area (Å²) in [6, 6.07) is 8.63. The van der Waals surface area contributed by atoms with E-state index < -0.39 is 17.7 Å². The molecule has 2 aliphatic rings. The number of nitrogens with one attached hydrogen (secondary N) is 1. The number of piperazine rings is 1. The summed E-state index contributed by atoms with van der Waals surface area (Å²) in [4.78, 5) is 45.9. The Morgan fingerprint density at radius 3 is 2.61 bits per heavy atom. The van der Waals surface area contributed by atoms with Gasteiger partial charge in [0.2, 0.25) is 11.9 Å². The van der Waals surface area contributed by atoms with Gasteiger partial charge in [0.15, 0.2) is 5.65 Å². The van der Waals surface area contributed by atoms with E-state index in [2.05, 4.69) is 15.2 Å². The van der Waals surface area contributed by atoms with Crippen LogP contribution in [0.4, 0.5) is 16.6 Å². The number of aromatic nitrogens is 3. The Bertz CT molecular complexity index is 1430. The first kappa shape index (κ1) is 29.5. The molecule has 0 bridgehead atoms. The molecule has 4 heterocycles. The molecule has 0 spiro atoms. The van der Waals surface area contributed by atoms with Crippen molar-refractivity contribution in [2.24, 2.45) is 0 Å². The third kappa shape index (κ3) is 7.07. The second kappa shape index (κ2) is 12.5. The Hall–Kier alpha value is -3.02. The molecule has 1 aromatic carbocycles. The number of anilines is 2. The first-order chi connectivity index (χ1) is 19.6. The van der Waals surface area contributed by atoms with Crippen molar-refractivity contribution in [3.8, 4) is 0 Å². The van der Waals surface area contributed by atoms with Gasteiger partial charge in [0.1, 0.15) is 17.5 Å². The highest BCUT2D eigenvalue weighted by Crippen LogP contribution is 2.27. The smallest absolute Gasteiger partial charge is 0.411 e. The summed E-state index contributed by atoms with van der Waals surface area (Å²) in [5, 5.41) is 5.33. The first-order valence-electron chi connectivity index (χ1n) is 13.5. The van der Waals surface area contributed by atoms with E-state index in [1.165, 1.54) is 0 Å². The van der Waals surface area contributed by atoms with Crippen LogP contribution >= 0.6 is 35.0 Å². The van der Waals surface area contributed by atoms with Crippen LogP contribution in [-0.2, 0) is 16.1 Å². The van der Waals surface area contributed by atoms with Crippen LogP contribution in [0.5, 0.6) is 0 Å². The number of amides is 2. The molecule has 2 amide bonds. The van der Waals surface area contributed by atoms with E-state index in [-0.39, 0.29) is 5.91 Å². The van der Waals surface area contributed by atoms with E-state index in [9.17, 15) is 9.59 Å². The molecule has 0 unspecified atom stereocenters. The van der Waals surface area contributed by atoms with Crippen molar-refractivity contribution >= 4 is 69.8 Å². The summed E-state index contributed by atoms with van der Waals surface area (Å²) in [7, 11) is 0. The van der Waals surface area contributed by atoms with Gasteiger partial charge in [0, 0.05) is 67.0 Å². The zero-order valence-electron chi connectivity index (χ0n) is 23.3. The van der Waals surface area contributed by atoms with Crippen molar-refractivity contribution < 1.29 is 14.3 Å². The van der Waals surface area contributed by atoms with Crippen LogP contribution in [0.25, 0.3) is 11.0 Å². The fourth-order valence-corrected chi connectivity index (χ4v) is 6.27. The number of nitrogens with zero attached hydrogens (tertiary/aromatic N) is 6. The minimum absolute atomic E-state index is 0.0500. The molecule has 0 saturated carbocycles. The van der Waals surface area contributed by atoms with Crippen LogP contribution in [0.1, 0.15) is 26.3 Å². The molecule has 5 rings (SSSR count). The fourth-order valence-electron chi connectivity index (χ4n) is 4.76. The molecule has 1 N–H and O–H groups in total. The first-order valence-corrected chi connectivity index (χ1v) is 15.4. The van der Waals surface area contributed by atoms with E-state index in [0.29, 0.717) is 72.5 Å². The number of thioether (sulfide) groups is 1. The lowest BCUT2D eigenvalue weighted by molar-refractivity contribution is -0.136. The van der Waals surface area contributed by atoms with Crippen molar-refractivity contribution in [1.29, 1.82) is 0 Å². The molecule has 0 aliphatic carbocycles. The molecular weight excluding hydrogens is 585 g/mol. The van der Waals surface area contributed by atoms with Crippen LogP contribution in [0, 0.1) is 0 Å². The van der Waals surface area contributed by atoms with Gasteiger partial charge in [-0.3, -0.25) is 9.69 Å². The quantitative estimate of drug-likeness (QED) is 0.426. The standard InChI is InChI=1S/C28H33Cl2N7O3S/c1-28(2,3)40-27(39)37-13-14-41-17-22(37)25(38)35-9-11-36(12-10-35)26-33-23-20(5-4-8-31-23)24(34-26)32-16-18-6-7-19(29)15-21(18)30/h4-8,15,22H,9-14,16-17H2,1-3H3,(H,31,32,33,34)/t22-/m1/s1. The highest BCUT2D eigenvalue weighted by molar-refractivity contribution is 7.99. The summed E-state index contributed by atoms with van der Waals surface area (Å²) in [5.41, 5.74) is 0.847. The number of benzene rings is 1. The average molecular weight is 619 g/mol. The van der Waals surface area contributed by atoms with Crippen LogP contribution in [0.15, 0.2) is 36.5 Å². The van der Waals surface area contributed by atoms with Gasteiger partial charge < -0.3 is 19.9 Å². The number of carbonyl (C=O) groups is 2. The summed E-state index contributed by atoms with van der Waals surface area (Å²) < 4.78 is 5.58. The highest BCUT2D eigenvalue weighted by atomic mass is 35.5. The Morgan fingerprint density at radius 1 is 1.10 bits per heavy atom. The molecule has 3 aromatic rings. The van der Waals surface area contributed by atoms with Gasteiger partial charge in [-0.1, -0.05) is 29.3 Å². The van der Waals surface area contributed by atoms with Gasteiger partial charge in [0.05, 0.1) is 5.39 Å². The summed E-state index contributed by atoms with van der Waals surface area (Å²) in [6.07, 6.45) is 1.26. The third-order valence-electron chi connectivity index (χ3n) is 6.84. The SMILES string of the molecule is CC(C)(C)OC(=O)N1CCSC[C@@H]1C(=O)N1CCN(c2nc(NCc3ccc(Cl)cc3Cl)c3cccnc3n2)CC1. The van der Waals surface area contributed by atoms with E-state index in [0.717, 1.165) is 16.7 Å². The second-order valence-corrected chi connectivity index (χ2v) is 12.9. The predicted octanol–water partition coefficient (Wildman–Crippen LogP) is 4.94. The molecule has 2 aliphatic heterocycles. The number of hydrogen-bond donors (Lipinski definition) is 1. The van der Waals surface area contributed by atoms with E-state index in [4.69, 9.17) is 37.9 Å². The Labute approximate surface area is 253 Å². The maximum atomic E-state index is 13.5. The number of carbonyl (C=O) groups excluding carboxylic acids is 2. The minimum Gasteiger partial charge on any atom is -0.444 e. The molecule has 2 aromatic heterocycles. The van der Waals surface area contributed by atoms with Gasteiger partial charge in [-0.25, -0.2) is 9.78 Å². The zero-order valence-corrected chi connectivity index (χ0v) is 25.6. The molecule has 0 radical (unpaired) electrons. The third-order valence-corrected chi connectivity index (χ3v) is 8.45. The van der Waals surface area contributed by atoms with Crippen molar-refractivity contribution in [2.75, 3.05) is 54.4 Å². The lowest BCUT2D eigenvalue weighted by atomic mass is 10.2.